The van der Waals surface area contributed by atoms with Crippen LogP contribution in [0.1, 0.15) is 62.8 Å². The number of ether oxygens (including phenoxy) is 1. The van der Waals surface area contributed by atoms with Gasteiger partial charge in [0, 0.05) is 20.8 Å². The van der Waals surface area contributed by atoms with E-state index in [0.29, 0.717) is 12.5 Å². The van der Waals surface area contributed by atoms with E-state index in [4.69, 9.17) is 9.26 Å². The van der Waals surface area contributed by atoms with E-state index < -0.39 is 7.82 Å². The average Bonchev–Trinajstić information content (AvgIpc) is 2.36. The molecule has 0 fully saturated rings. The molecule has 1 atom stereocenters. The first-order chi connectivity index (χ1) is 8.11. The third-order valence-corrected chi connectivity index (χ3v) is 3.95. The first-order valence-corrected chi connectivity index (χ1v) is 7.51. The summed E-state index contributed by atoms with van der Waals surface area (Å²) in [6.45, 7) is 5.65. The first kappa shape index (κ1) is 32.9. The molecule has 0 saturated heterocycles. The van der Waals surface area contributed by atoms with E-state index in [-0.39, 0.29) is 36.3 Å². The van der Waals surface area contributed by atoms with Crippen molar-refractivity contribution in [3.05, 3.63) is 0 Å². The predicted octanol–water partition coefficient (Wildman–Crippen LogP) is 5.79. The monoisotopic (exact) mass is 332 g/mol. The second kappa shape index (κ2) is 20.1. The van der Waals surface area contributed by atoms with Crippen LogP contribution in [0.2, 0.25) is 0 Å². The number of phosphoric acid groups is 1. The lowest BCUT2D eigenvalue weighted by molar-refractivity contribution is 0.0557. The van der Waals surface area contributed by atoms with Crippen molar-refractivity contribution in [3.63, 3.8) is 0 Å². The highest BCUT2D eigenvalue weighted by Gasteiger charge is 2.21. The van der Waals surface area contributed by atoms with E-state index in [1.807, 2.05) is 0 Å². The van der Waals surface area contributed by atoms with Gasteiger partial charge in [0.15, 0.2) is 0 Å². The van der Waals surface area contributed by atoms with Crippen LogP contribution >= 0.6 is 7.82 Å². The van der Waals surface area contributed by atoms with Gasteiger partial charge in [0.1, 0.15) is 0 Å². The van der Waals surface area contributed by atoms with Crippen molar-refractivity contribution in [2.24, 2.45) is 5.92 Å². The summed E-state index contributed by atoms with van der Waals surface area (Å²) in [5.74, 6) is 0.594. The molecule has 0 aromatic heterocycles. The molecule has 0 rings (SSSR count). The van der Waals surface area contributed by atoms with Gasteiger partial charge in [0.05, 0.1) is 13.2 Å². The van der Waals surface area contributed by atoms with Gasteiger partial charge in [-0.05, 0) is 12.3 Å². The Bertz CT molecular complexity index is 216. The van der Waals surface area contributed by atoms with E-state index in [0.717, 1.165) is 13.0 Å². The van der Waals surface area contributed by atoms with Gasteiger partial charge in [-0.2, -0.15) is 0 Å². The predicted molar refractivity (Wildman–Crippen MR) is 94.0 cm³/mol. The Hall–Kier alpha value is 0.0700. The maximum absolute atomic E-state index is 11.5. The van der Waals surface area contributed by atoms with Gasteiger partial charge >= 0.3 is 7.82 Å². The summed E-state index contributed by atoms with van der Waals surface area (Å²) in [5, 5.41) is 0. The second-order valence-corrected chi connectivity index (χ2v) is 5.67. The minimum Gasteiger partial charge on any atom is -0.379 e. The van der Waals surface area contributed by atoms with Crippen LogP contribution < -0.4 is 0 Å². The number of hydrogen-bond acceptors (Lipinski definition) is 5. The fraction of sp³-hybridized carbons (Fsp3) is 1.00. The molecular formula is C15H41O5P. The van der Waals surface area contributed by atoms with Gasteiger partial charge in [-0.25, -0.2) is 4.57 Å². The zero-order valence-electron chi connectivity index (χ0n) is 11.3. The summed E-state index contributed by atoms with van der Waals surface area (Å²) in [4.78, 5) is 0. The Morgan fingerprint density at radius 3 is 1.86 bits per heavy atom. The minimum absolute atomic E-state index is 0. The van der Waals surface area contributed by atoms with Crippen molar-refractivity contribution in [3.8, 4) is 0 Å². The molecule has 0 aromatic rings. The van der Waals surface area contributed by atoms with Crippen molar-refractivity contribution >= 4 is 7.82 Å². The van der Waals surface area contributed by atoms with E-state index in [2.05, 4.69) is 22.9 Å². The van der Waals surface area contributed by atoms with Crippen LogP contribution in [0.4, 0.5) is 0 Å². The highest BCUT2D eigenvalue weighted by molar-refractivity contribution is 7.48. The number of phosphoric ester groups is 1. The van der Waals surface area contributed by atoms with Crippen LogP contribution in [0, 0.1) is 5.92 Å². The Morgan fingerprint density at radius 2 is 1.48 bits per heavy atom. The normalized spacial score (nSPS) is 11.2. The molecule has 1 unspecified atom stereocenters. The third-order valence-electron chi connectivity index (χ3n) is 2.55. The molecule has 0 amide bonds. The van der Waals surface area contributed by atoms with E-state index in [9.17, 15) is 4.57 Å². The maximum atomic E-state index is 11.5. The van der Waals surface area contributed by atoms with Crippen LogP contribution in [-0.4, -0.2) is 34.0 Å². The van der Waals surface area contributed by atoms with Crippen molar-refractivity contribution < 1.29 is 22.9 Å². The zero-order chi connectivity index (χ0) is 13.1. The van der Waals surface area contributed by atoms with Crippen molar-refractivity contribution in [2.75, 3.05) is 34.0 Å². The molecule has 0 spiro atoms. The van der Waals surface area contributed by atoms with E-state index >= 15 is 0 Å². The maximum Gasteiger partial charge on any atom is 0.474 e. The SMILES string of the molecule is C.C.C.C.CCCC(CC)COCCOP(=O)(OC)OC. The molecule has 21 heavy (non-hydrogen) atoms. The molecule has 0 saturated carbocycles. The fourth-order valence-electron chi connectivity index (χ4n) is 1.45. The first-order valence-electron chi connectivity index (χ1n) is 6.05. The Morgan fingerprint density at radius 1 is 0.952 bits per heavy atom. The summed E-state index contributed by atoms with van der Waals surface area (Å²) < 4.78 is 31.2. The van der Waals surface area contributed by atoms with Gasteiger partial charge in [-0.3, -0.25) is 13.6 Å². The minimum atomic E-state index is -3.34. The van der Waals surface area contributed by atoms with Crippen molar-refractivity contribution in [1.82, 2.24) is 0 Å². The third kappa shape index (κ3) is 16.3. The zero-order valence-corrected chi connectivity index (χ0v) is 12.2. The number of hydrogen-bond donors (Lipinski definition) is 0. The summed E-state index contributed by atoms with van der Waals surface area (Å²) >= 11 is 0. The van der Waals surface area contributed by atoms with Gasteiger partial charge in [-0.1, -0.05) is 56.4 Å². The van der Waals surface area contributed by atoms with E-state index in [1.54, 1.807) is 0 Å². The second-order valence-electron chi connectivity index (χ2n) is 3.78. The smallest absolute Gasteiger partial charge is 0.379 e. The molecule has 0 radical (unpaired) electrons. The lowest BCUT2D eigenvalue weighted by Gasteiger charge is -2.15. The molecule has 0 heterocycles. The summed E-state index contributed by atoms with van der Waals surface area (Å²) in [6.07, 6.45) is 3.45. The average molecular weight is 332 g/mol. The molecule has 0 bridgehead atoms. The molecule has 6 heteroatoms. The van der Waals surface area contributed by atoms with Gasteiger partial charge in [0.25, 0.3) is 0 Å². The molecule has 0 aliphatic rings. The summed E-state index contributed by atoms with van der Waals surface area (Å²) in [7, 11) is -0.762. The summed E-state index contributed by atoms with van der Waals surface area (Å²) in [5.41, 5.74) is 0. The molecule has 5 nitrogen and oxygen atoms in total. The quantitative estimate of drug-likeness (QED) is 0.354. The van der Waals surface area contributed by atoms with Crippen molar-refractivity contribution in [2.45, 2.75) is 62.8 Å². The summed E-state index contributed by atoms with van der Waals surface area (Å²) in [6, 6.07) is 0. The lowest BCUT2D eigenvalue weighted by Crippen LogP contribution is -2.12. The van der Waals surface area contributed by atoms with Crippen molar-refractivity contribution in [1.29, 1.82) is 0 Å². The highest BCUT2D eigenvalue weighted by atomic mass is 31.2. The Balaban J connectivity index is -0.000000213. The molecule has 0 N–H and O–H groups in total. The molecule has 0 aliphatic heterocycles. The largest absolute Gasteiger partial charge is 0.474 e. The van der Waals surface area contributed by atoms with E-state index in [1.165, 1.54) is 27.1 Å². The van der Waals surface area contributed by atoms with Crippen LogP contribution in [0.5, 0.6) is 0 Å². The molecule has 0 aliphatic carbocycles. The Labute approximate surface area is 134 Å². The van der Waals surface area contributed by atoms with Crippen LogP contribution in [0.3, 0.4) is 0 Å². The molecule has 136 valence electrons. The molecule has 0 aromatic carbocycles. The van der Waals surface area contributed by atoms with Crippen LogP contribution in [-0.2, 0) is 22.9 Å². The standard InChI is InChI=1S/C11H25O5P.4CH4/c1-5-7-11(6-2)10-15-8-9-16-17(12,13-3)14-4;;;;/h11H,5-10H2,1-4H3;4*1H4. The topological polar surface area (TPSA) is 54.0 Å². The lowest BCUT2D eigenvalue weighted by atomic mass is 10.0. The van der Waals surface area contributed by atoms with Gasteiger partial charge in [-0.15, -0.1) is 0 Å². The Kier molecular flexibility index (Phi) is 31.4. The van der Waals surface area contributed by atoms with Gasteiger partial charge in [0.2, 0.25) is 0 Å². The number of rotatable bonds is 11. The van der Waals surface area contributed by atoms with Gasteiger partial charge < -0.3 is 4.74 Å². The molecular weight excluding hydrogens is 291 g/mol. The van der Waals surface area contributed by atoms with Crippen LogP contribution in [0.15, 0.2) is 0 Å². The fourth-order valence-corrected chi connectivity index (χ4v) is 2.11. The van der Waals surface area contributed by atoms with Crippen LogP contribution in [0.25, 0.3) is 0 Å². The highest BCUT2D eigenvalue weighted by Crippen LogP contribution is 2.47.